The van der Waals surface area contributed by atoms with E-state index < -0.39 is 0 Å². The summed E-state index contributed by atoms with van der Waals surface area (Å²) < 4.78 is 18.4. The third-order valence-electron chi connectivity index (χ3n) is 4.58. The third kappa shape index (κ3) is 4.68. The maximum Gasteiger partial charge on any atom is 0.227 e. The fraction of sp³-hybridized carbons (Fsp3) is 0.368. The van der Waals surface area contributed by atoms with Crippen molar-refractivity contribution in [1.82, 2.24) is 5.32 Å². The first kappa shape index (κ1) is 17.2. The molecule has 0 unspecified atom stereocenters. The summed E-state index contributed by atoms with van der Waals surface area (Å²) in [6.45, 7) is 0.381. The van der Waals surface area contributed by atoms with Crippen LogP contribution >= 0.6 is 0 Å². The van der Waals surface area contributed by atoms with E-state index >= 15 is 0 Å². The molecular weight excluding hydrogens is 323 g/mol. The van der Waals surface area contributed by atoms with Crippen molar-refractivity contribution in [2.24, 2.45) is 11.8 Å². The Hall–Kier alpha value is -2.63. The third-order valence-corrected chi connectivity index (χ3v) is 4.58. The Bertz CT molecular complexity index is 722. The lowest BCUT2D eigenvalue weighted by molar-refractivity contribution is -0.128. The minimum atomic E-state index is -0.380. The van der Waals surface area contributed by atoms with Gasteiger partial charge in [0, 0.05) is 17.5 Å². The van der Waals surface area contributed by atoms with Gasteiger partial charge in [0.1, 0.15) is 11.6 Å². The van der Waals surface area contributed by atoms with Gasteiger partial charge in [-0.05, 0) is 56.0 Å². The van der Waals surface area contributed by atoms with Crippen LogP contribution in [0.25, 0.3) is 0 Å². The van der Waals surface area contributed by atoms with Crippen LogP contribution in [-0.4, -0.2) is 11.8 Å². The Morgan fingerprint density at radius 2 is 1.76 bits per heavy atom. The first-order chi connectivity index (χ1) is 12.1. The summed E-state index contributed by atoms with van der Waals surface area (Å²) in [4.78, 5) is 24.5. The van der Waals surface area contributed by atoms with Gasteiger partial charge >= 0.3 is 0 Å². The quantitative estimate of drug-likeness (QED) is 0.872. The highest BCUT2D eigenvalue weighted by atomic mass is 19.1. The summed E-state index contributed by atoms with van der Waals surface area (Å²) in [6.07, 6.45) is 4.22. The van der Waals surface area contributed by atoms with E-state index in [1.165, 1.54) is 12.1 Å². The van der Waals surface area contributed by atoms with Crippen molar-refractivity contribution in [1.29, 1.82) is 0 Å². The first-order valence-corrected chi connectivity index (χ1v) is 8.48. The summed E-state index contributed by atoms with van der Waals surface area (Å²) in [5.41, 5.74) is 0.461. The average molecular weight is 344 g/mol. The molecule has 1 heterocycles. The smallest absolute Gasteiger partial charge is 0.227 e. The summed E-state index contributed by atoms with van der Waals surface area (Å²) in [7, 11) is 0. The average Bonchev–Trinajstić information content (AvgIpc) is 3.13. The van der Waals surface area contributed by atoms with E-state index in [4.69, 9.17) is 4.42 Å². The molecule has 0 radical (unpaired) electrons. The molecule has 1 saturated carbocycles. The highest BCUT2D eigenvalue weighted by Gasteiger charge is 2.30. The number of nitrogens with one attached hydrogen (secondary N) is 2. The van der Waals surface area contributed by atoms with E-state index in [1.807, 2.05) is 6.07 Å². The Morgan fingerprint density at radius 1 is 1.04 bits per heavy atom. The fourth-order valence-corrected chi connectivity index (χ4v) is 3.16. The molecule has 6 heteroatoms. The van der Waals surface area contributed by atoms with Crippen LogP contribution in [0.3, 0.4) is 0 Å². The van der Waals surface area contributed by atoms with Crippen molar-refractivity contribution in [3.63, 3.8) is 0 Å². The monoisotopic (exact) mass is 344 g/mol. The molecule has 132 valence electrons. The zero-order valence-electron chi connectivity index (χ0n) is 13.8. The zero-order valence-corrected chi connectivity index (χ0v) is 13.8. The predicted octanol–water partition coefficient (Wildman–Crippen LogP) is 3.48. The Balaban J connectivity index is 1.44. The molecule has 25 heavy (non-hydrogen) atoms. The number of anilines is 1. The molecule has 1 aromatic carbocycles. The van der Waals surface area contributed by atoms with Crippen LogP contribution in [-0.2, 0) is 16.1 Å². The fourth-order valence-electron chi connectivity index (χ4n) is 3.16. The van der Waals surface area contributed by atoms with Gasteiger partial charge in [-0.3, -0.25) is 9.59 Å². The lowest BCUT2D eigenvalue weighted by Crippen LogP contribution is -2.35. The van der Waals surface area contributed by atoms with Crippen LogP contribution in [0.15, 0.2) is 47.1 Å². The van der Waals surface area contributed by atoms with Crippen molar-refractivity contribution < 1.29 is 18.4 Å². The van der Waals surface area contributed by atoms with E-state index in [0.717, 1.165) is 5.76 Å². The van der Waals surface area contributed by atoms with Gasteiger partial charge < -0.3 is 15.1 Å². The SMILES string of the molecule is O=C(NCc1ccco1)C1CCC(C(=O)Nc2cccc(F)c2)CC1. The van der Waals surface area contributed by atoms with E-state index in [-0.39, 0.29) is 29.5 Å². The molecule has 1 aromatic heterocycles. The molecule has 0 saturated heterocycles. The molecule has 0 spiro atoms. The predicted molar refractivity (Wildman–Crippen MR) is 91.0 cm³/mol. The van der Waals surface area contributed by atoms with Crippen molar-refractivity contribution in [2.75, 3.05) is 5.32 Å². The van der Waals surface area contributed by atoms with Gasteiger partial charge in [0.2, 0.25) is 11.8 Å². The number of carbonyl (C=O) groups is 2. The number of rotatable bonds is 5. The molecule has 5 nitrogen and oxygen atoms in total. The summed E-state index contributed by atoms with van der Waals surface area (Å²) in [5.74, 6) is 0.0113. The number of amides is 2. The second-order valence-electron chi connectivity index (χ2n) is 6.35. The van der Waals surface area contributed by atoms with Crippen LogP contribution in [0.2, 0.25) is 0 Å². The van der Waals surface area contributed by atoms with Crippen LogP contribution in [0.5, 0.6) is 0 Å². The van der Waals surface area contributed by atoms with Crippen molar-refractivity contribution >= 4 is 17.5 Å². The second-order valence-corrected chi connectivity index (χ2v) is 6.35. The van der Waals surface area contributed by atoms with Gasteiger partial charge in [0.05, 0.1) is 12.8 Å². The molecule has 2 amide bonds. The lowest BCUT2D eigenvalue weighted by atomic mass is 9.81. The van der Waals surface area contributed by atoms with Crippen molar-refractivity contribution in [3.05, 3.63) is 54.2 Å². The molecule has 1 fully saturated rings. The number of carbonyl (C=O) groups excluding carboxylic acids is 2. The zero-order chi connectivity index (χ0) is 17.6. The van der Waals surface area contributed by atoms with Crippen LogP contribution in [0.1, 0.15) is 31.4 Å². The van der Waals surface area contributed by atoms with Crippen LogP contribution < -0.4 is 10.6 Å². The van der Waals surface area contributed by atoms with Crippen LogP contribution in [0.4, 0.5) is 10.1 Å². The maximum atomic E-state index is 13.2. The molecular formula is C19H21FN2O3. The number of halogens is 1. The Kier molecular flexibility index (Phi) is 5.48. The topological polar surface area (TPSA) is 71.3 Å². The van der Waals surface area contributed by atoms with Gasteiger partial charge in [-0.25, -0.2) is 4.39 Å². The highest BCUT2D eigenvalue weighted by Crippen LogP contribution is 2.30. The Morgan fingerprint density at radius 3 is 2.40 bits per heavy atom. The standard InChI is InChI=1S/C19H21FN2O3/c20-15-3-1-4-16(11-15)22-19(24)14-8-6-13(7-9-14)18(23)21-12-17-5-2-10-25-17/h1-5,10-11,13-14H,6-9,12H2,(H,21,23)(H,22,24). The number of hydrogen-bond donors (Lipinski definition) is 2. The van der Waals surface area contributed by atoms with Gasteiger partial charge in [-0.1, -0.05) is 6.07 Å². The lowest BCUT2D eigenvalue weighted by Gasteiger charge is -2.27. The number of hydrogen-bond acceptors (Lipinski definition) is 3. The van der Waals surface area contributed by atoms with E-state index in [2.05, 4.69) is 10.6 Å². The van der Waals surface area contributed by atoms with Gasteiger partial charge in [-0.15, -0.1) is 0 Å². The van der Waals surface area contributed by atoms with Gasteiger partial charge in [-0.2, -0.15) is 0 Å². The van der Waals surface area contributed by atoms with E-state index in [1.54, 1.807) is 24.5 Å². The van der Waals surface area contributed by atoms with Crippen LogP contribution in [0, 0.1) is 17.7 Å². The largest absolute Gasteiger partial charge is 0.467 e. The molecule has 0 aliphatic heterocycles. The van der Waals surface area contributed by atoms with E-state index in [9.17, 15) is 14.0 Å². The summed E-state index contributed by atoms with van der Waals surface area (Å²) in [6, 6.07) is 9.45. The number of benzene rings is 1. The number of furan rings is 1. The highest BCUT2D eigenvalue weighted by molar-refractivity contribution is 5.92. The molecule has 1 aliphatic carbocycles. The Labute approximate surface area is 145 Å². The van der Waals surface area contributed by atoms with Crippen molar-refractivity contribution in [3.8, 4) is 0 Å². The first-order valence-electron chi connectivity index (χ1n) is 8.48. The molecule has 1 aliphatic rings. The molecule has 0 bridgehead atoms. The molecule has 3 rings (SSSR count). The molecule has 2 N–H and O–H groups in total. The summed E-state index contributed by atoms with van der Waals surface area (Å²) >= 11 is 0. The maximum absolute atomic E-state index is 13.2. The summed E-state index contributed by atoms with van der Waals surface area (Å²) in [5, 5.41) is 5.62. The molecule has 2 aromatic rings. The van der Waals surface area contributed by atoms with E-state index in [0.29, 0.717) is 37.9 Å². The normalized spacial score (nSPS) is 20.0. The van der Waals surface area contributed by atoms with Gasteiger partial charge in [0.25, 0.3) is 0 Å². The van der Waals surface area contributed by atoms with Crippen molar-refractivity contribution in [2.45, 2.75) is 32.2 Å². The second kappa shape index (κ2) is 7.96. The minimum absolute atomic E-state index is 0.000360. The van der Waals surface area contributed by atoms with Gasteiger partial charge in [0.15, 0.2) is 0 Å². The minimum Gasteiger partial charge on any atom is -0.467 e. The molecule has 0 atom stereocenters.